The van der Waals surface area contributed by atoms with E-state index in [1.54, 1.807) is 17.2 Å². The Balaban J connectivity index is 2.10. The number of carbonyl (C=O) groups is 2. The number of amides is 3. The van der Waals surface area contributed by atoms with Crippen LogP contribution in [-0.2, 0) is 4.79 Å². The normalized spacial score (nSPS) is 25.3. The summed E-state index contributed by atoms with van der Waals surface area (Å²) in [7, 11) is 0. The summed E-state index contributed by atoms with van der Waals surface area (Å²) in [6, 6.07) is 1.10. The third-order valence-electron chi connectivity index (χ3n) is 4.29. The van der Waals surface area contributed by atoms with Crippen LogP contribution < -0.4 is 5.73 Å². The summed E-state index contributed by atoms with van der Waals surface area (Å²) < 4.78 is 0. The van der Waals surface area contributed by atoms with E-state index < -0.39 is 6.03 Å². The van der Waals surface area contributed by atoms with E-state index in [4.69, 9.17) is 5.73 Å². The van der Waals surface area contributed by atoms with Crippen molar-refractivity contribution in [2.45, 2.75) is 32.4 Å². The quantitative estimate of drug-likeness (QED) is 0.843. The minimum absolute atomic E-state index is 0.0927. The highest BCUT2D eigenvalue weighted by atomic mass is 16.2. The molecule has 2 N–H and O–H groups in total. The predicted molar refractivity (Wildman–Crippen MR) is 79.9 cm³/mol. The van der Waals surface area contributed by atoms with Crippen LogP contribution in [0.1, 0.15) is 31.9 Å². The molecule has 3 rings (SSSR count). The van der Waals surface area contributed by atoms with Gasteiger partial charge in [0.1, 0.15) is 12.5 Å². The second-order valence-electron chi connectivity index (χ2n) is 5.75. The summed E-state index contributed by atoms with van der Waals surface area (Å²) in [5, 5.41) is 0. The third-order valence-corrected chi connectivity index (χ3v) is 4.29. The lowest BCUT2D eigenvalue weighted by molar-refractivity contribution is -0.132. The van der Waals surface area contributed by atoms with Gasteiger partial charge >= 0.3 is 6.03 Å². The topological polar surface area (TPSA) is 92.4 Å². The van der Waals surface area contributed by atoms with Gasteiger partial charge in [-0.3, -0.25) is 9.69 Å². The highest BCUT2D eigenvalue weighted by Gasteiger charge is 2.41. The van der Waals surface area contributed by atoms with Crippen LogP contribution in [-0.4, -0.2) is 44.4 Å². The molecule has 0 aliphatic carbocycles. The number of hydrogen-bond donors (Lipinski definition) is 1. The van der Waals surface area contributed by atoms with Crippen molar-refractivity contribution in [3.8, 4) is 0 Å². The molecule has 0 radical (unpaired) electrons. The first-order valence-electron chi connectivity index (χ1n) is 7.47. The summed E-state index contributed by atoms with van der Waals surface area (Å²) >= 11 is 0. The van der Waals surface area contributed by atoms with E-state index in [1.807, 2.05) is 0 Å². The van der Waals surface area contributed by atoms with E-state index in [0.717, 1.165) is 19.3 Å². The number of primary amides is 1. The lowest BCUT2D eigenvalue weighted by Crippen LogP contribution is -2.58. The van der Waals surface area contributed by atoms with Gasteiger partial charge in [0.15, 0.2) is 0 Å². The lowest BCUT2D eigenvalue weighted by Gasteiger charge is -2.44. The van der Waals surface area contributed by atoms with Crippen molar-refractivity contribution in [1.29, 1.82) is 0 Å². The molecule has 0 aromatic carbocycles. The molecule has 22 heavy (non-hydrogen) atoms. The number of nitrogens with two attached hydrogens (primary N) is 1. The van der Waals surface area contributed by atoms with Gasteiger partial charge in [-0.2, -0.15) is 0 Å². The van der Waals surface area contributed by atoms with Crippen LogP contribution >= 0.6 is 0 Å². The first kappa shape index (κ1) is 14.5. The van der Waals surface area contributed by atoms with Gasteiger partial charge in [-0.25, -0.2) is 14.8 Å². The Bertz CT molecular complexity index is 616. The molecular weight excluding hydrogens is 282 g/mol. The summed E-state index contributed by atoms with van der Waals surface area (Å²) in [5.41, 5.74) is 6.61. The second kappa shape index (κ2) is 5.75. The summed E-state index contributed by atoms with van der Waals surface area (Å²) in [4.78, 5) is 35.9. The van der Waals surface area contributed by atoms with E-state index >= 15 is 0 Å². The van der Waals surface area contributed by atoms with Crippen LogP contribution in [0.5, 0.6) is 0 Å². The standard InChI is InChI=1S/C15H19N5O2/c1-10-4-2-3-7-19-13(21)8-12(11-5-6-17-9-18-11)20(14(10)19)15(16)22/h5-6,8-10,14H,2-4,7H2,1H3,(H2,16,22). The molecule has 1 fully saturated rings. The van der Waals surface area contributed by atoms with Crippen LogP contribution in [0.25, 0.3) is 5.70 Å². The zero-order chi connectivity index (χ0) is 15.7. The second-order valence-corrected chi connectivity index (χ2v) is 5.75. The Morgan fingerprint density at radius 1 is 1.41 bits per heavy atom. The van der Waals surface area contributed by atoms with Crippen molar-refractivity contribution in [2.24, 2.45) is 11.7 Å². The largest absolute Gasteiger partial charge is 0.351 e. The number of fused-ring (bicyclic) bond motifs is 1. The molecule has 0 bridgehead atoms. The van der Waals surface area contributed by atoms with E-state index in [1.165, 1.54) is 17.3 Å². The first-order valence-corrected chi connectivity index (χ1v) is 7.47. The Hall–Kier alpha value is -2.44. The van der Waals surface area contributed by atoms with Crippen LogP contribution in [0.3, 0.4) is 0 Å². The van der Waals surface area contributed by atoms with Crippen molar-refractivity contribution in [1.82, 2.24) is 19.8 Å². The van der Waals surface area contributed by atoms with Gasteiger partial charge in [0.25, 0.3) is 0 Å². The Kier molecular flexibility index (Phi) is 3.79. The molecule has 2 atom stereocenters. The predicted octanol–water partition coefficient (Wildman–Crippen LogP) is 1.19. The molecule has 3 heterocycles. The smallest absolute Gasteiger partial charge is 0.321 e. The molecule has 1 aromatic heterocycles. The zero-order valence-corrected chi connectivity index (χ0v) is 12.5. The molecule has 7 nitrogen and oxygen atoms in total. The van der Waals surface area contributed by atoms with Gasteiger partial charge in [0, 0.05) is 18.8 Å². The molecule has 7 heteroatoms. The Labute approximate surface area is 128 Å². The highest BCUT2D eigenvalue weighted by Crippen LogP contribution is 2.34. The highest BCUT2D eigenvalue weighted by molar-refractivity contribution is 6.00. The van der Waals surface area contributed by atoms with E-state index in [0.29, 0.717) is 17.9 Å². The molecule has 2 aliphatic rings. The Morgan fingerprint density at radius 3 is 2.91 bits per heavy atom. The molecule has 3 amide bonds. The maximum Gasteiger partial charge on any atom is 0.321 e. The average Bonchev–Trinajstić information content (AvgIpc) is 2.70. The number of carbonyl (C=O) groups excluding carboxylic acids is 2. The van der Waals surface area contributed by atoms with Gasteiger partial charge in [-0.1, -0.05) is 13.3 Å². The minimum atomic E-state index is -0.568. The molecule has 0 saturated carbocycles. The molecule has 1 saturated heterocycles. The third kappa shape index (κ3) is 2.43. The fraction of sp³-hybridized carbons (Fsp3) is 0.467. The van der Waals surface area contributed by atoms with Crippen molar-refractivity contribution < 1.29 is 9.59 Å². The van der Waals surface area contributed by atoms with Crippen molar-refractivity contribution in [3.63, 3.8) is 0 Å². The number of urea groups is 1. The monoisotopic (exact) mass is 301 g/mol. The van der Waals surface area contributed by atoms with Crippen LogP contribution in [0.15, 0.2) is 24.7 Å². The van der Waals surface area contributed by atoms with Crippen molar-refractivity contribution in [2.75, 3.05) is 6.54 Å². The van der Waals surface area contributed by atoms with Crippen molar-refractivity contribution in [3.05, 3.63) is 30.4 Å². The zero-order valence-electron chi connectivity index (χ0n) is 12.5. The number of nitrogens with zero attached hydrogens (tertiary/aromatic N) is 4. The summed E-state index contributed by atoms with van der Waals surface area (Å²) in [5.74, 6) is 0.0642. The number of hydrogen-bond acceptors (Lipinski definition) is 4. The molecule has 2 aliphatic heterocycles. The molecule has 2 unspecified atom stereocenters. The average molecular weight is 301 g/mol. The van der Waals surface area contributed by atoms with E-state index in [2.05, 4.69) is 16.9 Å². The van der Waals surface area contributed by atoms with Crippen LogP contribution in [0, 0.1) is 5.92 Å². The lowest BCUT2D eigenvalue weighted by atomic mass is 9.99. The summed E-state index contributed by atoms with van der Waals surface area (Å²) in [6.07, 6.45) is 7.00. The summed E-state index contributed by atoms with van der Waals surface area (Å²) in [6.45, 7) is 2.69. The maximum absolute atomic E-state index is 12.5. The van der Waals surface area contributed by atoms with E-state index in [9.17, 15) is 9.59 Å². The maximum atomic E-state index is 12.5. The van der Waals surface area contributed by atoms with Crippen molar-refractivity contribution >= 4 is 17.6 Å². The first-order chi connectivity index (χ1) is 10.6. The molecule has 116 valence electrons. The van der Waals surface area contributed by atoms with Gasteiger partial charge in [0.05, 0.1) is 11.4 Å². The molecule has 1 aromatic rings. The van der Waals surface area contributed by atoms with Gasteiger partial charge in [-0.05, 0) is 24.8 Å². The molecule has 0 spiro atoms. The fourth-order valence-electron chi connectivity index (χ4n) is 3.27. The Morgan fingerprint density at radius 2 is 2.23 bits per heavy atom. The minimum Gasteiger partial charge on any atom is -0.351 e. The molecular formula is C15H19N5O2. The SMILES string of the molecule is CC1CCCCN2C(=O)C=C(c3ccncn3)N(C(N)=O)C12. The van der Waals surface area contributed by atoms with Gasteiger partial charge in [0.2, 0.25) is 5.91 Å². The number of rotatable bonds is 1. The van der Waals surface area contributed by atoms with Gasteiger partial charge in [-0.15, -0.1) is 0 Å². The van der Waals surface area contributed by atoms with E-state index in [-0.39, 0.29) is 18.0 Å². The number of aromatic nitrogens is 2. The van der Waals surface area contributed by atoms with Crippen LogP contribution in [0.4, 0.5) is 4.79 Å². The van der Waals surface area contributed by atoms with Crippen LogP contribution in [0.2, 0.25) is 0 Å². The fourth-order valence-corrected chi connectivity index (χ4v) is 3.27. The van der Waals surface area contributed by atoms with Gasteiger partial charge < -0.3 is 10.6 Å².